The summed E-state index contributed by atoms with van der Waals surface area (Å²) in [4.78, 5) is 28.1. The fourth-order valence-corrected chi connectivity index (χ4v) is 0.620. The molecule has 6 heteroatoms. The van der Waals surface area contributed by atoms with Gasteiger partial charge in [0.25, 0.3) is 0 Å². The van der Waals surface area contributed by atoms with E-state index in [2.05, 4.69) is 9.97 Å². The molecular formula is C7H7ClN2O3. The number of hydrogen-bond acceptors (Lipinski definition) is 4. The van der Waals surface area contributed by atoms with E-state index in [4.69, 9.17) is 5.11 Å². The maximum atomic E-state index is 10.7. The number of aromatic carboxylic acids is 1. The Balaban J connectivity index is 0.00000144. The van der Waals surface area contributed by atoms with E-state index in [1.165, 1.54) is 6.92 Å². The van der Waals surface area contributed by atoms with Gasteiger partial charge in [-0.3, -0.25) is 4.79 Å². The molecule has 0 aliphatic rings. The van der Waals surface area contributed by atoms with Gasteiger partial charge in [-0.1, -0.05) is 0 Å². The second kappa shape index (κ2) is 4.51. The Kier molecular flexibility index (Phi) is 4.00. The molecule has 0 atom stereocenters. The van der Waals surface area contributed by atoms with Crippen molar-refractivity contribution < 1.29 is 14.7 Å². The normalized spacial score (nSPS) is 8.69. The number of carboxylic acid groups (broad SMARTS) is 1. The molecule has 0 fully saturated rings. The molecule has 0 unspecified atom stereocenters. The highest BCUT2D eigenvalue weighted by Crippen LogP contribution is 1.95. The van der Waals surface area contributed by atoms with E-state index in [1.54, 1.807) is 0 Å². The second-order valence-corrected chi connectivity index (χ2v) is 2.15. The lowest BCUT2D eigenvalue weighted by molar-refractivity contribution is 0.0689. The van der Waals surface area contributed by atoms with E-state index in [-0.39, 0.29) is 29.6 Å². The van der Waals surface area contributed by atoms with Crippen molar-refractivity contribution in [2.75, 3.05) is 0 Å². The Morgan fingerprint density at radius 3 is 2.00 bits per heavy atom. The summed E-state index contributed by atoms with van der Waals surface area (Å²) in [5, 5.41) is 8.43. The van der Waals surface area contributed by atoms with Crippen LogP contribution in [0.4, 0.5) is 0 Å². The number of halogens is 1. The molecule has 1 N–H and O–H groups in total. The molecule has 0 saturated heterocycles. The molecule has 0 aliphatic carbocycles. The lowest BCUT2D eigenvalue weighted by atomic mass is 10.3. The third-order valence-electron chi connectivity index (χ3n) is 1.23. The summed E-state index contributed by atoms with van der Waals surface area (Å²) < 4.78 is 0. The van der Waals surface area contributed by atoms with Gasteiger partial charge in [0.15, 0.2) is 11.5 Å². The molecule has 5 nitrogen and oxygen atoms in total. The number of carbonyl (C=O) groups is 2. The molecule has 1 rings (SSSR count). The molecule has 0 spiro atoms. The van der Waals surface area contributed by atoms with E-state index in [0.717, 1.165) is 12.4 Å². The summed E-state index contributed by atoms with van der Waals surface area (Å²) in [6.07, 6.45) is 2.20. The van der Waals surface area contributed by atoms with E-state index < -0.39 is 5.97 Å². The Bertz CT molecular complexity index is 290. The molecule has 0 aromatic carbocycles. The van der Waals surface area contributed by atoms with E-state index >= 15 is 0 Å². The second-order valence-electron chi connectivity index (χ2n) is 2.15. The van der Waals surface area contributed by atoms with Crippen molar-refractivity contribution in [3.05, 3.63) is 23.8 Å². The van der Waals surface area contributed by atoms with Crippen molar-refractivity contribution in [1.82, 2.24) is 9.97 Å². The number of ketones is 1. The van der Waals surface area contributed by atoms with Crippen LogP contribution in [0.2, 0.25) is 0 Å². The van der Waals surface area contributed by atoms with Crippen LogP contribution in [0.15, 0.2) is 12.4 Å². The van der Waals surface area contributed by atoms with Crippen LogP contribution in [0.5, 0.6) is 0 Å². The zero-order valence-corrected chi connectivity index (χ0v) is 7.54. The number of aromatic nitrogens is 2. The van der Waals surface area contributed by atoms with Gasteiger partial charge in [0.05, 0.1) is 12.4 Å². The average molecular weight is 203 g/mol. The van der Waals surface area contributed by atoms with Crippen molar-refractivity contribution in [2.24, 2.45) is 0 Å². The van der Waals surface area contributed by atoms with Gasteiger partial charge in [0.1, 0.15) is 5.69 Å². The Labute approximate surface area is 80.2 Å². The van der Waals surface area contributed by atoms with Crippen LogP contribution in [-0.4, -0.2) is 26.8 Å². The van der Waals surface area contributed by atoms with Crippen molar-refractivity contribution in [3.63, 3.8) is 0 Å². The summed E-state index contributed by atoms with van der Waals surface area (Å²) in [6, 6.07) is 0. The summed E-state index contributed by atoms with van der Waals surface area (Å²) in [5.74, 6) is -1.39. The largest absolute Gasteiger partial charge is 0.476 e. The van der Waals surface area contributed by atoms with Crippen LogP contribution in [0.1, 0.15) is 27.9 Å². The molecule has 13 heavy (non-hydrogen) atoms. The highest BCUT2D eigenvalue weighted by molar-refractivity contribution is 5.92. The van der Waals surface area contributed by atoms with Gasteiger partial charge < -0.3 is 5.11 Å². The van der Waals surface area contributed by atoms with Crippen LogP contribution in [0.25, 0.3) is 0 Å². The highest BCUT2D eigenvalue weighted by Gasteiger charge is 2.06. The molecule has 1 aromatic rings. The fourth-order valence-electron chi connectivity index (χ4n) is 0.620. The van der Waals surface area contributed by atoms with Crippen LogP contribution in [0, 0.1) is 0 Å². The van der Waals surface area contributed by atoms with Gasteiger partial charge in [-0.25, -0.2) is 14.8 Å². The Morgan fingerprint density at radius 1 is 1.23 bits per heavy atom. The first-order chi connectivity index (χ1) is 5.61. The Morgan fingerprint density at radius 2 is 1.69 bits per heavy atom. The predicted octanol–water partition coefficient (Wildman–Crippen LogP) is 0.799. The first kappa shape index (κ1) is 11.5. The number of carbonyl (C=O) groups excluding carboxylic acids is 1. The van der Waals surface area contributed by atoms with Crippen molar-refractivity contribution >= 4 is 24.2 Å². The van der Waals surface area contributed by atoms with Gasteiger partial charge in [0, 0.05) is 6.92 Å². The lowest BCUT2D eigenvalue weighted by Crippen LogP contribution is -2.04. The van der Waals surface area contributed by atoms with Gasteiger partial charge in [0.2, 0.25) is 0 Å². The molecule has 1 aromatic heterocycles. The monoisotopic (exact) mass is 202 g/mol. The van der Waals surface area contributed by atoms with Gasteiger partial charge in [-0.05, 0) is 0 Å². The first-order valence-electron chi connectivity index (χ1n) is 3.17. The number of nitrogens with zero attached hydrogens (tertiary/aromatic N) is 2. The Hall–Kier alpha value is -1.49. The maximum Gasteiger partial charge on any atom is 0.356 e. The quantitative estimate of drug-likeness (QED) is 0.718. The van der Waals surface area contributed by atoms with Crippen molar-refractivity contribution in [1.29, 1.82) is 0 Å². The third kappa shape index (κ3) is 2.79. The zero-order valence-electron chi connectivity index (χ0n) is 6.72. The zero-order chi connectivity index (χ0) is 9.14. The lowest BCUT2D eigenvalue weighted by Gasteiger charge is -1.93. The van der Waals surface area contributed by atoms with E-state index in [1.807, 2.05) is 0 Å². The van der Waals surface area contributed by atoms with Gasteiger partial charge in [-0.15, -0.1) is 12.4 Å². The minimum atomic E-state index is -1.15. The fraction of sp³-hybridized carbons (Fsp3) is 0.143. The number of rotatable bonds is 2. The SMILES string of the molecule is CC(=O)c1cnc(C(=O)O)cn1.Cl. The highest BCUT2D eigenvalue weighted by atomic mass is 35.5. The number of hydrogen-bond donors (Lipinski definition) is 1. The smallest absolute Gasteiger partial charge is 0.356 e. The molecular weight excluding hydrogens is 196 g/mol. The standard InChI is InChI=1S/C7H6N2O3.ClH/c1-4(10)5-2-9-6(3-8-5)7(11)12;/h2-3H,1H3,(H,11,12);1H. The molecule has 0 radical (unpaired) electrons. The summed E-state index contributed by atoms with van der Waals surface area (Å²) >= 11 is 0. The van der Waals surface area contributed by atoms with Crippen molar-refractivity contribution in [2.45, 2.75) is 6.92 Å². The minimum Gasteiger partial charge on any atom is -0.476 e. The molecule has 0 aliphatic heterocycles. The molecule has 0 bridgehead atoms. The number of Topliss-reactive ketones (excluding diaryl/α,β-unsaturated/α-hetero) is 1. The predicted molar refractivity (Wildman–Crippen MR) is 46.2 cm³/mol. The molecule has 0 amide bonds. The van der Waals surface area contributed by atoms with Crippen LogP contribution in [-0.2, 0) is 0 Å². The molecule has 1 heterocycles. The average Bonchev–Trinajstić information content (AvgIpc) is 2.04. The van der Waals surface area contributed by atoms with Crippen molar-refractivity contribution in [3.8, 4) is 0 Å². The first-order valence-corrected chi connectivity index (χ1v) is 3.17. The molecule has 0 saturated carbocycles. The summed E-state index contributed by atoms with van der Waals surface area (Å²) in [6.45, 7) is 1.34. The maximum absolute atomic E-state index is 10.7. The minimum absolute atomic E-state index is 0. The van der Waals surface area contributed by atoms with Crippen LogP contribution in [0.3, 0.4) is 0 Å². The third-order valence-corrected chi connectivity index (χ3v) is 1.23. The van der Waals surface area contributed by atoms with E-state index in [9.17, 15) is 9.59 Å². The topological polar surface area (TPSA) is 80.2 Å². The van der Waals surface area contributed by atoms with E-state index in [0.29, 0.717) is 0 Å². The summed E-state index contributed by atoms with van der Waals surface area (Å²) in [7, 11) is 0. The summed E-state index contributed by atoms with van der Waals surface area (Å²) in [5.41, 5.74) is 0.000000000000000666. The number of carboxylic acids is 1. The van der Waals surface area contributed by atoms with Crippen LogP contribution >= 0.6 is 12.4 Å². The van der Waals surface area contributed by atoms with Gasteiger partial charge in [-0.2, -0.15) is 0 Å². The van der Waals surface area contributed by atoms with Crippen LogP contribution < -0.4 is 0 Å². The van der Waals surface area contributed by atoms with Gasteiger partial charge >= 0.3 is 5.97 Å². The molecule has 70 valence electrons.